The summed E-state index contributed by atoms with van der Waals surface area (Å²) in [5.41, 5.74) is 0.761. The highest BCUT2D eigenvalue weighted by atomic mass is 32.2. The van der Waals surface area contributed by atoms with Gasteiger partial charge in [-0.2, -0.15) is 14.3 Å². The lowest BCUT2D eigenvalue weighted by Crippen LogP contribution is -2.57. The summed E-state index contributed by atoms with van der Waals surface area (Å²) in [4.78, 5) is 25.6. The van der Waals surface area contributed by atoms with Crippen LogP contribution in [0.1, 0.15) is 62.7 Å². The number of hydrogen-bond acceptors (Lipinski definition) is 7. The van der Waals surface area contributed by atoms with Crippen LogP contribution in [-0.4, -0.2) is 72.8 Å². The fraction of sp³-hybridized carbons (Fsp3) is 0.536. The molecule has 1 N–H and O–H groups in total. The molecule has 2 unspecified atom stereocenters. The predicted octanol–water partition coefficient (Wildman–Crippen LogP) is 3.06. The topological polar surface area (TPSA) is 103 Å². The average Bonchev–Trinajstić information content (AvgIpc) is 3.33. The fourth-order valence-corrected chi connectivity index (χ4v) is 7.50. The maximum atomic E-state index is 14.4. The number of hydrogen-bond donors (Lipinski definition) is 1. The van der Waals surface area contributed by atoms with Gasteiger partial charge in [0.2, 0.25) is 15.9 Å². The van der Waals surface area contributed by atoms with Crippen molar-refractivity contribution in [3.8, 4) is 0 Å². The number of amides is 1. The van der Waals surface area contributed by atoms with Gasteiger partial charge in [-0.05, 0) is 51.0 Å². The summed E-state index contributed by atoms with van der Waals surface area (Å²) < 4.78 is 31.5. The van der Waals surface area contributed by atoms with E-state index in [-0.39, 0.29) is 17.7 Å². The Morgan fingerprint density at radius 2 is 1.74 bits per heavy atom. The number of nitrogens with one attached hydrogen (secondary N) is 1. The van der Waals surface area contributed by atoms with Gasteiger partial charge in [0.1, 0.15) is 17.2 Å². The minimum atomic E-state index is -3.74. The van der Waals surface area contributed by atoms with E-state index in [0.717, 1.165) is 61.7 Å². The molecule has 2 saturated heterocycles. The van der Waals surface area contributed by atoms with Gasteiger partial charge in [0.15, 0.2) is 5.65 Å². The van der Waals surface area contributed by atoms with Crippen molar-refractivity contribution in [3.05, 3.63) is 53.7 Å². The molecule has 2 fully saturated rings. The Bertz CT molecular complexity index is 1470. The van der Waals surface area contributed by atoms with E-state index in [0.29, 0.717) is 31.5 Å². The summed E-state index contributed by atoms with van der Waals surface area (Å²) in [6, 6.07) is 13.0. The van der Waals surface area contributed by atoms with E-state index in [2.05, 4.69) is 20.6 Å². The van der Waals surface area contributed by atoms with Gasteiger partial charge >= 0.3 is 0 Å². The van der Waals surface area contributed by atoms with Gasteiger partial charge in [-0.25, -0.2) is 13.4 Å². The Kier molecular flexibility index (Phi) is 6.74. The highest BCUT2D eigenvalue weighted by molar-refractivity contribution is 7.89. The molecule has 1 aromatic carbocycles. The second-order valence-corrected chi connectivity index (χ2v) is 13.0. The van der Waals surface area contributed by atoms with Crippen molar-refractivity contribution >= 4 is 33.2 Å². The number of sulfonamides is 1. The van der Waals surface area contributed by atoms with Crippen molar-refractivity contribution in [2.45, 2.75) is 57.0 Å². The second kappa shape index (κ2) is 10.1. The predicted molar refractivity (Wildman–Crippen MR) is 151 cm³/mol. The first-order valence-electron chi connectivity index (χ1n) is 14.0. The monoisotopic (exact) mass is 551 g/mol. The van der Waals surface area contributed by atoms with Gasteiger partial charge in [0.05, 0.1) is 17.5 Å². The Labute approximate surface area is 230 Å². The van der Waals surface area contributed by atoms with E-state index in [1.807, 2.05) is 52.9 Å². The van der Waals surface area contributed by atoms with Crippen LogP contribution in [0.2, 0.25) is 0 Å². The molecule has 1 amide bonds. The van der Waals surface area contributed by atoms with Gasteiger partial charge in [-0.1, -0.05) is 30.3 Å². The molecule has 0 radical (unpaired) electrons. The minimum absolute atomic E-state index is 0.0455. The number of aromatic nitrogens is 3. The molecule has 10 nitrogen and oxygen atoms in total. The summed E-state index contributed by atoms with van der Waals surface area (Å²) in [6.45, 7) is 4.89. The Hall–Kier alpha value is -3.18. The first kappa shape index (κ1) is 26.1. The van der Waals surface area contributed by atoms with Crippen LogP contribution in [0.25, 0.3) is 5.65 Å². The maximum Gasteiger partial charge on any atom is 0.248 e. The number of benzene rings is 1. The summed E-state index contributed by atoms with van der Waals surface area (Å²) in [6.07, 6.45) is 4.90. The molecule has 39 heavy (non-hydrogen) atoms. The van der Waals surface area contributed by atoms with Crippen LogP contribution in [0.15, 0.2) is 42.5 Å². The van der Waals surface area contributed by atoms with Crippen LogP contribution in [0, 0.1) is 0 Å². The normalized spacial score (nSPS) is 26.2. The van der Waals surface area contributed by atoms with E-state index in [1.54, 1.807) is 6.92 Å². The number of fused-ring (bicyclic) bond motifs is 3. The van der Waals surface area contributed by atoms with Gasteiger partial charge in [0.25, 0.3) is 0 Å². The molecular formula is C28H37N7O3S. The lowest BCUT2D eigenvalue weighted by molar-refractivity contribution is -0.141. The highest BCUT2D eigenvalue weighted by Gasteiger charge is 2.44. The zero-order chi connectivity index (χ0) is 27.2. The van der Waals surface area contributed by atoms with Gasteiger partial charge in [0, 0.05) is 45.4 Å². The number of carbonyl (C=O) groups is 1. The van der Waals surface area contributed by atoms with Gasteiger partial charge in [-0.3, -0.25) is 4.79 Å². The number of anilines is 2. The molecule has 2 bridgehead atoms. The van der Waals surface area contributed by atoms with Crippen LogP contribution < -0.4 is 14.5 Å². The third kappa shape index (κ3) is 4.86. The van der Waals surface area contributed by atoms with Gasteiger partial charge in [-0.15, -0.1) is 0 Å². The number of rotatable bonds is 2. The Morgan fingerprint density at radius 3 is 2.49 bits per heavy atom. The summed E-state index contributed by atoms with van der Waals surface area (Å²) in [5.74, 6) is 1.56. The molecule has 208 valence electrons. The quantitative estimate of drug-likeness (QED) is 0.522. The lowest BCUT2D eigenvalue weighted by atomic mass is 9.89. The summed E-state index contributed by atoms with van der Waals surface area (Å²) in [5, 5.41) is 5.03. The molecule has 3 aliphatic heterocycles. The van der Waals surface area contributed by atoms with E-state index in [4.69, 9.17) is 10.1 Å². The minimum Gasteiger partial charge on any atom is -0.359 e. The summed E-state index contributed by atoms with van der Waals surface area (Å²) >= 11 is 0. The fourth-order valence-electron chi connectivity index (χ4n) is 5.99. The Balaban J connectivity index is 1.49. The third-order valence-corrected chi connectivity index (χ3v) is 9.93. The van der Waals surface area contributed by atoms with Crippen LogP contribution >= 0.6 is 0 Å². The molecule has 5 heterocycles. The van der Waals surface area contributed by atoms with Crippen LogP contribution in [0.3, 0.4) is 0 Å². The van der Waals surface area contributed by atoms with Crippen LogP contribution in [0.5, 0.6) is 0 Å². The first-order valence-corrected chi connectivity index (χ1v) is 15.7. The number of carbonyl (C=O) groups excluding carboxylic acids is 1. The van der Waals surface area contributed by atoms with Crippen LogP contribution in [0.4, 0.5) is 11.6 Å². The summed E-state index contributed by atoms with van der Waals surface area (Å²) in [7, 11) is -1.72. The van der Waals surface area contributed by atoms with E-state index < -0.39 is 15.6 Å². The smallest absolute Gasteiger partial charge is 0.248 e. The molecule has 11 heteroatoms. The van der Waals surface area contributed by atoms with Crippen LogP contribution in [-0.2, 0) is 20.4 Å². The van der Waals surface area contributed by atoms with E-state index in [9.17, 15) is 13.2 Å². The standard InChI is InChI=1S/C28H37N7O3S/c1-28(21-11-4-3-5-12-21)27(36)34-17-7-6-13-23(34)22-19-25-29-24(33-15-10-16-33)20-26(35(25)30-22)32(2)14-8-9-18-39(37,38)31-28/h3-5,11-12,19-20,23,31H,6-10,13-18H2,1-2H3. The van der Waals surface area contributed by atoms with Crippen molar-refractivity contribution in [2.24, 2.45) is 0 Å². The molecule has 2 aromatic heterocycles. The van der Waals surface area contributed by atoms with Crippen molar-refractivity contribution in [1.82, 2.24) is 24.2 Å². The second-order valence-electron chi connectivity index (χ2n) is 11.2. The van der Waals surface area contributed by atoms with E-state index >= 15 is 0 Å². The van der Waals surface area contributed by atoms with Crippen molar-refractivity contribution in [3.63, 3.8) is 0 Å². The van der Waals surface area contributed by atoms with Gasteiger partial charge < -0.3 is 14.7 Å². The average molecular weight is 552 g/mol. The number of piperidine rings is 1. The molecule has 0 aliphatic carbocycles. The Morgan fingerprint density at radius 1 is 0.974 bits per heavy atom. The van der Waals surface area contributed by atoms with Crippen molar-refractivity contribution in [1.29, 1.82) is 0 Å². The molecule has 3 aromatic rings. The molecule has 0 spiro atoms. The molecule has 3 aliphatic rings. The van der Waals surface area contributed by atoms with Crippen molar-refractivity contribution in [2.75, 3.05) is 48.8 Å². The zero-order valence-corrected chi connectivity index (χ0v) is 23.5. The van der Waals surface area contributed by atoms with Crippen molar-refractivity contribution < 1.29 is 13.2 Å². The molecule has 0 saturated carbocycles. The van der Waals surface area contributed by atoms with E-state index in [1.165, 1.54) is 0 Å². The molecule has 6 rings (SSSR count). The largest absolute Gasteiger partial charge is 0.359 e. The first-order chi connectivity index (χ1) is 18.7. The third-order valence-electron chi connectivity index (χ3n) is 8.39. The SMILES string of the molecule is CN1CCCCS(=O)(=O)NC(C)(c2ccccc2)C(=O)N2CCCCC2c2cc3nc(N4CCC4)cc1n3n2. The lowest BCUT2D eigenvalue weighted by Gasteiger charge is -2.41. The molecule has 2 atom stereocenters. The zero-order valence-electron chi connectivity index (χ0n) is 22.7. The number of nitrogens with zero attached hydrogens (tertiary/aromatic N) is 6. The maximum absolute atomic E-state index is 14.4. The molecular weight excluding hydrogens is 514 g/mol. The highest BCUT2D eigenvalue weighted by Crippen LogP contribution is 2.36.